The Hall–Kier alpha value is -2.80. The van der Waals surface area contributed by atoms with E-state index in [9.17, 15) is 21.6 Å². The van der Waals surface area contributed by atoms with E-state index in [1.54, 1.807) is 29.6 Å². The van der Waals surface area contributed by atoms with Gasteiger partial charge >= 0.3 is 0 Å². The second-order valence-electron chi connectivity index (χ2n) is 6.65. The minimum absolute atomic E-state index is 0.0359. The third kappa shape index (κ3) is 6.34. The highest BCUT2D eigenvalue weighted by atomic mass is 32.2. The fourth-order valence-electron chi connectivity index (χ4n) is 2.60. The van der Waals surface area contributed by atoms with Crippen molar-refractivity contribution in [2.24, 2.45) is 5.14 Å². The SMILES string of the molecule is CS(=O)(=O)c1ccc(Nc2nc(C(=O)NCCc3ccc(S(N)(=O)=O)cc3)cs2)cc1. The molecule has 0 radical (unpaired) electrons. The molecule has 0 fully saturated rings. The Labute approximate surface area is 184 Å². The molecule has 1 aromatic heterocycles. The van der Waals surface area contributed by atoms with E-state index < -0.39 is 19.9 Å². The Morgan fingerprint density at radius 3 is 2.19 bits per heavy atom. The molecule has 164 valence electrons. The van der Waals surface area contributed by atoms with Crippen LogP contribution in [0.25, 0.3) is 0 Å². The van der Waals surface area contributed by atoms with Crippen LogP contribution >= 0.6 is 11.3 Å². The van der Waals surface area contributed by atoms with Crippen LogP contribution in [0.1, 0.15) is 16.1 Å². The van der Waals surface area contributed by atoms with Crippen LogP contribution in [0.5, 0.6) is 0 Å². The molecule has 0 aliphatic rings. The van der Waals surface area contributed by atoms with Crippen LogP contribution < -0.4 is 15.8 Å². The highest BCUT2D eigenvalue weighted by Crippen LogP contribution is 2.22. The topological polar surface area (TPSA) is 148 Å². The predicted octanol–water partition coefficient (Wildman–Crippen LogP) is 1.91. The van der Waals surface area contributed by atoms with Crippen molar-refractivity contribution in [2.45, 2.75) is 16.2 Å². The van der Waals surface area contributed by atoms with E-state index in [1.807, 2.05) is 0 Å². The fraction of sp³-hybridized carbons (Fsp3) is 0.158. The summed E-state index contributed by atoms with van der Waals surface area (Å²) in [6.45, 7) is 0.348. The fourth-order valence-corrected chi connectivity index (χ4v) is 4.46. The van der Waals surface area contributed by atoms with Gasteiger partial charge in [0.05, 0.1) is 9.79 Å². The van der Waals surface area contributed by atoms with Crippen molar-refractivity contribution >= 4 is 47.9 Å². The molecule has 0 saturated heterocycles. The lowest BCUT2D eigenvalue weighted by atomic mass is 10.1. The second-order valence-corrected chi connectivity index (χ2v) is 11.1. The first-order chi connectivity index (χ1) is 14.5. The van der Waals surface area contributed by atoms with Gasteiger partial charge in [-0.15, -0.1) is 11.3 Å². The largest absolute Gasteiger partial charge is 0.350 e. The van der Waals surface area contributed by atoms with Crippen LogP contribution in [-0.2, 0) is 26.3 Å². The molecule has 1 amide bonds. The Kier molecular flexibility index (Phi) is 6.74. The van der Waals surface area contributed by atoms with Gasteiger partial charge in [0.25, 0.3) is 5.91 Å². The number of aromatic nitrogens is 1. The number of rotatable bonds is 8. The lowest BCUT2D eigenvalue weighted by molar-refractivity contribution is 0.0950. The van der Waals surface area contributed by atoms with Crippen molar-refractivity contribution in [3.63, 3.8) is 0 Å². The van der Waals surface area contributed by atoms with Gasteiger partial charge < -0.3 is 10.6 Å². The number of primary sulfonamides is 1. The van der Waals surface area contributed by atoms with E-state index in [1.165, 1.54) is 35.6 Å². The van der Waals surface area contributed by atoms with Gasteiger partial charge in [-0.2, -0.15) is 0 Å². The zero-order chi connectivity index (χ0) is 22.6. The average molecular weight is 481 g/mol. The van der Waals surface area contributed by atoms with E-state index >= 15 is 0 Å². The summed E-state index contributed by atoms with van der Waals surface area (Å²) in [5.74, 6) is -0.335. The number of thiazole rings is 1. The van der Waals surface area contributed by atoms with Crippen molar-refractivity contribution in [2.75, 3.05) is 18.1 Å². The molecule has 0 spiro atoms. The molecule has 3 aromatic rings. The smallest absolute Gasteiger partial charge is 0.270 e. The number of sulfonamides is 1. The first kappa shape index (κ1) is 22.9. The van der Waals surface area contributed by atoms with E-state index in [-0.39, 0.29) is 21.4 Å². The summed E-state index contributed by atoms with van der Waals surface area (Å²) in [5.41, 5.74) is 1.76. The van der Waals surface area contributed by atoms with Gasteiger partial charge in [0.15, 0.2) is 15.0 Å². The molecule has 0 bridgehead atoms. The Morgan fingerprint density at radius 1 is 1.00 bits per heavy atom. The zero-order valence-electron chi connectivity index (χ0n) is 16.4. The molecule has 1 heterocycles. The van der Waals surface area contributed by atoms with Crippen LogP contribution in [-0.4, -0.2) is 40.5 Å². The monoisotopic (exact) mass is 480 g/mol. The van der Waals surface area contributed by atoms with Crippen LogP contribution in [0.4, 0.5) is 10.8 Å². The maximum Gasteiger partial charge on any atom is 0.270 e. The molecule has 31 heavy (non-hydrogen) atoms. The highest BCUT2D eigenvalue weighted by Gasteiger charge is 2.12. The van der Waals surface area contributed by atoms with E-state index in [0.717, 1.165) is 11.8 Å². The normalized spacial score (nSPS) is 11.8. The number of carbonyl (C=O) groups is 1. The average Bonchev–Trinajstić information content (AvgIpc) is 3.16. The summed E-state index contributed by atoms with van der Waals surface area (Å²) in [7, 11) is -6.99. The van der Waals surface area contributed by atoms with Crippen molar-refractivity contribution in [1.82, 2.24) is 10.3 Å². The molecule has 0 saturated carbocycles. The quantitative estimate of drug-likeness (QED) is 0.446. The van der Waals surface area contributed by atoms with Gasteiger partial charge in [-0.05, 0) is 48.4 Å². The van der Waals surface area contributed by atoms with Crippen molar-refractivity contribution < 1.29 is 21.6 Å². The molecule has 0 aliphatic heterocycles. The molecular formula is C19H20N4O5S3. The summed E-state index contributed by atoms with van der Waals surface area (Å²) in [6, 6.07) is 12.4. The van der Waals surface area contributed by atoms with Gasteiger partial charge in [0.1, 0.15) is 5.69 Å². The second kappa shape index (κ2) is 9.14. The number of anilines is 2. The maximum atomic E-state index is 12.3. The highest BCUT2D eigenvalue weighted by molar-refractivity contribution is 7.90. The number of nitrogens with zero attached hydrogens (tertiary/aromatic N) is 1. The van der Waals surface area contributed by atoms with Gasteiger partial charge in [-0.3, -0.25) is 4.79 Å². The molecule has 9 nitrogen and oxygen atoms in total. The number of nitrogens with one attached hydrogen (secondary N) is 2. The summed E-state index contributed by atoms with van der Waals surface area (Å²) in [6.07, 6.45) is 1.65. The molecule has 4 N–H and O–H groups in total. The number of benzene rings is 2. The van der Waals surface area contributed by atoms with E-state index in [2.05, 4.69) is 15.6 Å². The lowest BCUT2D eigenvalue weighted by Gasteiger charge is -2.05. The predicted molar refractivity (Wildman–Crippen MR) is 119 cm³/mol. The van der Waals surface area contributed by atoms with Crippen LogP contribution in [0.3, 0.4) is 0 Å². The van der Waals surface area contributed by atoms with E-state index in [4.69, 9.17) is 5.14 Å². The number of hydrogen-bond donors (Lipinski definition) is 3. The number of hydrogen-bond acceptors (Lipinski definition) is 8. The van der Waals surface area contributed by atoms with Crippen LogP contribution in [0.2, 0.25) is 0 Å². The van der Waals surface area contributed by atoms with Gasteiger partial charge in [-0.25, -0.2) is 27.0 Å². The molecule has 0 unspecified atom stereocenters. The lowest BCUT2D eigenvalue weighted by Crippen LogP contribution is -2.26. The van der Waals surface area contributed by atoms with Gasteiger partial charge in [0.2, 0.25) is 10.0 Å². The van der Waals surface area contributed by atoms with Crippen LogP contribution in [0, 0.1) is 0 Å². The number of carbonyl (C=O) groups excluding carboxylic acids is 1. The number of sulfone groups is 1. The summed E-state index contributed by atoms with van der Waals surface area (Å²) in [4.78, 5) is 16.8. The van der Waals surface area contributed by atoms with Crippen molar-refractivity contribution in [1.29, 1.82) is 0 Å². The number of amides is 1. The summed E-state index contributed by atoms with van der Waals surface area (Å²) >= 11 is 1.25. The van der Waals surface area contributed by atoms with Gasteiger partial charge in [0, 0.05) is 23.9 Å². The Bertz CT molecular complexity index is 1280. The molecule has 0 aliphatic carbocycles. The molecule has 3 rings (SSSR count). The van der Waals surface area contributed by atoms with E-state index in [0.29, 0.717) is 23.8 Å². The van der Waals surface area contributed by atoms with Gasteiger partial charge in [-0.1, -0.05) is 12.1 Å². The standard InChI is InChI=1S/C19H20N4O5S3/c1-30(25,26)15-8-4-14(5-9-15)22-19-23-17(12-29-19)18(24)21-11-10-13-2-6-16(7-3-13)31(20,27)28/h2-9,12H,10-11H2,1H3,(H,21,24)(H,22,23)(H2,20,27,28). The maximum absolute atomic E-state index is 12.3. The third-order valence-corrected chi connectivity index (χ3v) is 7.04. The summed E-state index contributed by atoms with van der Waals surface area (Å²) in [5, 5.41) is 13.0. The Balaban J connectivity index is 1.53. The minimum Gasteiger partial charge on any atom is -0.350 e. The summed E-state index contributed by atoms with van der Waals surface area (Å²) < 4.78 is 45.5. The van der Waals surface area contributed by atoms with Crippen LogP contribution in [0.15, 0.2) is 63.7 Å². The van der Waals surface area contributed by atoms with Crippen molar-refractivity contribution in [3.8, 4) is 0 Å². The van der Waals surface area contributed by atoms with Crippen molar-refractivity contribution in [3.05, 3.63) is 65.2 Å². The molecule has 0 atom stereocenters. The molecule has 12 heteroatoms. The first-order valence-electron chi connectivity index (χ1n) is 8.95. The Morgan fingerprint density at radius 2 is 1.61 bits per heavy atom. The number of nitrogens with two attached hydrogens (primary N) is 1. The molecular weight excluding hydrogens is 460 g/mol. The minimum atomic E-state index is -3.73. The molecule has 2 aromatic carbocycles. The first-order valence-corrected chi connectivity index (χ1v) is 13.3. The zero-order valence-corrected chi connectivity index (χ0v) is 18.9. The third-order valence-electron chi connectivity index (χ3n) is 4.22.